The number of nitrogens with zero attached hydrogens (tertiary/aromatic N) is 1. The summed E-state index contributed by atoms with van der Waals surface area (Å²) in [6.45, 7) is 3.09. The van der Waals surface area contributed by atoms with E-state index in [9.17, 15) is 9.59 Å². The molecule has 1 aliphatic heterocycles. The summed E-state index contributed by atoms with van der Waals surface area (Å²) in [5, 5.41) is 2.93. The van der Waals surface area contributed by atoms with Crippen molar-refractivity contribution in [1.82, 2.24) is 5.32 Å². The Morgan fingerprint density at radius 3 is 2.76 bits per heavy atom. The number of hydrogen-bond acceptors (Lipinski definition) is 3. The van der Waals surface area contributed by atoms with Gasteiger partial charge in [-0.2, -0.15) is 0 Å². The zero-order valence-corrected chi connectivity index (χ0v) is 14.5. The number of hydrogen-bond donors (Lipinski definition) is 1. The van der Waals surface area contributed by atoms with Gasteiger partial charge in [0.2, 0.25) is 5.91 Å². The van der Waals surface area contributed by atoms with Crippen molar-refractivity contribution in [1.29, 1.82) is 0 Å². The highest BCUT2D eigenvalue weighted by Gasteiger charge is 2.21. The third-order valence-corrected chi connectivity index (χ3v) is 4.41. The smallest absolute Gasteiger partial charge is 0.251 e. The number of amides is 2. The Labute approximate surface area is 147 Å². The average Bonchev–Trinajstić information content (AvgIpc) is 3.06. The fraction of sp³-hybridized carbons (Fsp3) is 0.300. The van der Waals surface area contributed by atoms with Crippen LogP contribution in [0, 0.1) is 6.92 Å². The molecule has 1 aliphatic rings. The molecule has 0 saturated carbocycles. The fourth-order valence-electron chi connectivity index (χ4n) is 3.06. The van der Waals surface area contributed by atoms with Crippen molar-refractivity contribution >= 4 is 17.5 Å². The number of rotatable bonds is 5. The topological polar surface area (TPSA) is 58.6 Å². The Hall–Kier alpha value is -2.82. The van der Waals surface area contributed by atoms with Gasteiger partial charge in [0.1, 0.15) is 5.75 Å². The van der Waals surface area contributed by atoms with Crippen molar-refractivity contribution < 1.29 is 14.3 Å². The summed E-state index contributed by atoms with van der Waals surface area (Å²) >= 11 is 0. The number of carbonyl (C=O) groups excluding carboxylic acids is 2. The van der Waals surface area contributed by atoms with E-state index in [0.29, 0.717) is 18.5 Å². The molecule has 1 fully saturated rings. The lowest BCUT2D eigenvalue weighted by Gasteiger charge is -2.16. The largest absolute Gasteiger partial charge is 0.496 e. The van der Waals surface area contributed by atoms with E-state index in [4.69, 9.17) is 4.74 Å². The lowest BCUT2D eigenvalue weighted by atomic mass is 10.1. The molecule has 2 aromatic rings. The lowest BCUT2D eigenvalue weighted by Crippen LogP contribution is -2.25. The quantitative estimate of drug-likeness (QED) is 0.911. The molecular weight excluding hydrogens is 316 g/mol. The van der Waals surface area contributed by atoms with Crippen LogP contribution in [-0.4, -0.2) is 25.5 Å². The van der Waals surface area contributed by atoms with Crippen molar-refractivity contribution in [3.63, 3.8) is 0 Å². The van der Waals surface area contributed by atoms with E-state index in [1.807, 2.05) is 37.3 Å². The van der Waals surface area contributed by atoms with Gasteiger partial charge >= 0.3 is 0 Å². The lowest BCUT2D eigenvalue weighted by molar-refractivity contribution is -0.117. The molecule has 0 atom stereocenters. The molecule has 0 radical (unpaired) electrons. The van der Waals surface area contributed by atoms with Gasteiger partial charge in [-0.3, -0.25) is 9.59 Å². The molecule has 1 heterocycles. The van der Waals surface area contributed by atoms with E-state index >= 15 is 0 Å². The van der Waals surface area contributed by atoms with Gasteiger partial charge in [-0.25, -0.2) is 0 Å². The summed E-state index contributed by atoms with van der Waals surface area (Å²) in [6.07, 6.45) is 1.51. The standard InChI is InChI=1S/C20H22N2O3/c1-14-11-16(8-9-18(14)25-2)20(24)21-13-15-5-3-6-17(12-15)22-10-4-7-19(22)23/h3,5-6,8-9,11-12H,4,7,10,13H2,1-2H3,(H,21,24). The van der Waals surface area contributed by atoms with Gasteiger partial charge in [-0.15, -0.1) is 0 Å². The SMILES string of the molecule is COc1ccc(C(=O)NCc2cccc(N3CCCC3=O)c2)cc1C. The first-order valence-corrected chi connectivity index (χ1v) is 8.40. The van der Waals surface area contributed by atoms with Gasteiger partial charge in [0.25, 0.3) is 5.91 Å². The average molecular weight is 338 g/mol. The highest BCUT2D eigenvalue weighted by molar-refractivity contribution is 5.95. The number of methoxy groups -OCH3 is 1. The van der Waals surface area contributed by atoms with Crippen molar-refractivity contribution in [2.24, 2.45) is 0 Å². The van der Waals surface area contributed by atoms with Crippen molar-refractivity contribution in [3.05, 3.63) is 59.2 Å². The van der Waals surface area contributed by atoms with Crippen molar-refractivity contribution in [3.8, 4) is 5.75 Å². The van der Waals surface area contributed by atoms with Gasteiger partial charge in [-0.05, 0) is 54.8 Å². The van der Waals surface area contributed by atoms with Crippen LogP contribution in [0.15, 0.2) is 42.5 Å². The van der Waals surface area contributed by atoms with Crippen LogP contribution in [0.1, 0.15) is 34.3 Å². The molecule has 25 heavy (non-hydrogen) atoms. The highest BCUT2D eigenvalue weighted by Crippen LogP contribution is 2.22. The molecule has 5 heteroatoms. The summed E-state index contributed by atoms with van der Waals surface area (Å²) in [5.41, 5.74) is 3.39. The van der Waals surface area contributed by atoms with Crippen LogP contribution < -0.4 is 15.0 Å². The molecule has 3 rings (SSSR count). The Morgan fingerprint density at radius 2 is 2.08 bits per heavy atom. The number of benzene rings is 2. The molecule has 2 aromatic carbocycles. The van der Waals surface area contributed by atoms with Crippen LogP contribution >= 0.6 is 0 Å². The minimum absolute atomic E-state index is 0.131. The van der Waals surface area contributed by atoms with E-state index in [-0.39, 0.29) is 11.8 Å². The van der Waals surface area contributed by atoms with E-state index in [1.54, 1.807) is 24.1 Å². The van der Waals surface area contributed by atoms with Gasteiger partial charge in [0, 0.05) is 30.8 Å². The summed E-state index contributed by atoms with van der Waals surface area (Å²) in [4.78, 5) is 26.0. The zero-order valence-electron chi connectivity index (χ0n) is 14.5. The van der Waals surface area contributed by atoms with Crippen LogP contribution in [0.5, 0.6) is 5.75 Å². The van der Waals surface area contributed by atoms with E-state index in [1.165, 1.54) is 0 Å². The third-order valence-electron chi connectivity index (χ3n) is 4.41. The molecule has 5 nitrogen and oxygen atoms in total. The summed E-state index contributed by atoms with van der Waals surface area (Å²) in [7, 11) is 1.61. The van der Waals surface area contributed by atoms with E-state index in [2.05, 4.69) is 5.32 Å². The monoisotopic (exact) mass is 338 g/mol. The maximum absolute atomic E-state index is 12.3. The van der Waals surface area contributed by atoms with Crippen molar-refractivity contribution in [2.75, 3.05) is 18.6 Å². The number of carbonyl (C=O) groups is 2. The summed E-state index contributed by atoms with van der Waals surface area (Å²) in [5.74, 6) is 0.794. The fourth-order valence-corrected chi connectivity index (χ4v) is 3.06. The molecule has 2 amide bonds. The minimum atomic E-state index is -0.131. The molecule has 130 valence electrons. The number of ether oxygens (including phenoxy) is 1. The Kier molecular flexibility index (Phi) is 5.03. The maximum atomic E-state index is 12.3. The second-order valence-corrected chi connectivity index (χ2v) is 6.19. The van der Waals surface area contributed by atoms with Crippen LogP contribution in [0.2, 0.25) is 0 Å². The zero-order chi connectivity index (χ0) is 17.8. The molecule has 1 saturated heterocycles. The van der Waals surface area contributed by atoms with E-state index < -0.39 is 0 Å². The molecule has 0 unspecified atom stereocenters. The first-order chi connectivity index (χ1) is 12.1. The van der Waals surface area contributed by atoms with Crippen LogP contribution in [0.4, 0.5) is 5.69 Å². The predicted octanol–water partition coefficient (Wildman–Crippen LogP) is 3.06. The molecule has 1 N–H and O–H groups in total. The number of anilines is 1. The van der Waals surface area contributed by atoms with Gasteiger partial charge in [-0.1, -0.05) is 12.1 Å². The molecule has 0 spiro atoms. The Bertz CT molecular complexity index is 801. The second-order valence-electron chi connectivity index (χ2n) is 6.19. The van der Waals surface area contributed by atoms with E-state index in [0.717, 1.165) is 35.5 Å². The third kappa shape index (κ3) is 3.82. The number of aryl methyl sites for hydroxylation is 1. The maximum Gasteiger partial charge on any atom is 0.251 e. The summed E-state index contributed by atoms with van der Waals surface area (Å²) < 4.78 is 5.22. The van der Waals surface area contributed by atoms with Gasteiger partial charge in [0.15, 0.2) is 0 Å². The summed E-state index contributed by atoms with van der Waals surface area (Å²) in [6, 6.07) is 13.1. The van der Waals surface area contributed by atoms with Crippen LogP contribution in [-0.2, 0) is 11.3 Å². The molecular formula is C20H22N2O3. The molecule has 0 bridgehead atoms. The van der Waals surface area contributed by atoms with Crippen LogP contribution in [0.25, 0.3) is 0 Å². The Morgan fingerprint density at radius 1 is 1.24 bits per heavy atom. The molecule has 0 aliphatic carbocycles. The van der Waals surface area contributed by atoms with Crippen molar-refractivity contribution in [2.45, 2.75) is 26.3 Å². The van der Waals surface area contributed by atoms with Crippen LogP contribution in [0.3, 0.4) is 0 Å². The Balaban J connectivity index is 1.66. The first kappa shape index (κ1) is 17.0. The first-order valence-electron chi connectivity index (χ1n) is 8.40. The highest BCUT2D eigenvalue weighted by atomic mass is 16.5. The normalized spacial score (nSPS) is 13.8. The predicted molar refractivity (Wildman–Crippen MR) is 96.9 cm³/mol. The van der Waals surface area contributed by atoms with Gasteiger partial charge in [0.05, 0.1) is 7.11 Å². The minimum Gasteiger partial charge on any atom is -0.496 e. The molecule has 0 aromatic heterocycles. The second kappa shape index (κ2) is 7.38. The van der Waals surface area contributed by atoms with Gasteiger partial charge < -0.3 is 15.0 Å². The number of nitrogens with one attached hydrogen (secondary N) is 1.